The summed E-state index contributed by atoms with van der Waals surface area (Å²) in [5.74, 6) is 0.155. The quantitative estimate of drug-likeness (QED) is 0.761. The first-order chi connectivity index (χ1) is 10.7. The van der Waals surface area contributed by atoms with Crippen molar-refractivity contribution in [2.45, 2.75) is 32.6 Å². The van der Waals surface area contributed by atoms with Gasteiger partial charge in [-0.1, -0.05) is 49.7 Å². The number of hydrogen-bond acceptors (Lipinski definition) is 2. The summed E-state index contributed by atoms with van der Waals surface area (Å²) in [4.78, 5) is 14.5. The Hall–Kier alpha value is -2.00. The van der Waals surface area contributed by atoms with Crippen LogP contribution in [0.1, 0.15) is 31.7 Å². The molecule has 0 heterocycles. The van der Waals surface area contributed by atoms with Crippen molar-refractivity contribution in [3.63, 3.8) is 0 Å². The minimum Gasteiger partial charge on any atom is -0.399 e. The van der Waals surface area contributed by atoms with E-state index < -0.39 is 0 Å². The molecule has 2 aromatic rings. The van der Waals surface area contributed by atoms with Crippen molar-refractivity contribution in [1.29, 1.82) is 0 Å². The number of aryl methyl sites for hydroxylation is 1. The highest BCUT2D eigenvalue weighted by Crippen LogP contribution is 2.18. The van der Waals surface area contributed by atoms with Gasteiger partial charge in [0.25, 0.3) is 0 Å². The van der Waals surface area contributed by atoms with E-state index in [2.05, 4.69) is 6.92 Å². The maximum Gasteiger partial charge on any atom is 0.227 e. The maximum absolute atomic E-state index is 12.6. The number of rotatable bonds is 7. The van der Waals surface area contributed by atoms with Crippen LogP contribution in [0.3, 0.4) is 0 Å². The molecule has 2 N–H and O–H groups in total. The highest BCUT2D eigenvalue weighted by molar-refractivity contribution is 5.93. The minimum atomic E-state index is 0. The Morgan fingerprint density at radius 1 is 1.04 bits per heavy atom. The predicted octanol–water partition coefficient (Wildman–Crippen LogP) is 4.46. The van der Waals surface area contributed by atoms with E-state index in [1.165, 1.54) is 0 Å². The van der Waals surface area contributed by atoms with E-state index in [0.717, 1.165) is 36.3 Å². The molecule has 0 unspecified atom stereocenters. The molecule has 0 aromatic heterocycles. The Kier molecular flexibility index (Phi) is 8.20. The number of unbranched alkanes of at least 4 members (excludes halogenated alkanes) is 1. The lowest BCUT2D eigenvalue weighted by Crippen LogP contribution is -2.32. The fourth-order valence-corrected chi connectivity index (χ4v) is 2.46. The normalized spacial score (nSPS) is 9.96. The van der Waals surface area contributed by atoms with Gasteiger partial charge in [-0.2, -0.15) is 0 Å². The summed E-state index contributed by atoms with van der Waals surface area (Å²) in [6, 6.07) is 17.6. The van der Waals surface area contributed by atoms with Crippen molar-refractivity contribution in [3.8, 4) is 0 Å². The van der Waals surface area contributed by atoms with E-state index in [1.54, 1.807) is 0 Å². The third-order valence-corrected chi connectivity index (χ3v) is 3.77. The second kappa shape index (κ2) is 9.90. The number of nitrogens with two attached hydrogens (primary N) is 1. The van der Waals surface area contributed by atoms with E-state index in [1.807, 2.05) is 59.5 Å². The fourth-order valence-electron chi connectivity index (χ4n) is 2.46. The van der Waals surface area contributed by atoms with Crippen molar-refractivity contribution in [3.05, 3.63) is 60.2 Å². The molecule has 0 atom stereocenters. The third-order valence-electron chi connectivity index (χ3n) is 3.77. The molecule has 0 aliphatic heterocycles. The van der Waals surface area contributed by atoms with Crippen LogP contribution in [0.5, 0.6) is 0 Å². The summed E-state index contributed by atoms with van der Waals surface area (Å²) in [6.07, 6.45) is 3.24. The SMILES string of the molecule is CCCCN(C(=O)CCc1ccccc1N)c1ccccc1.Cl. The van der Waals surface area contributed by atoms with Gasteiger partial charge in [0.2, 0.25) is 5.91 Å². The minimum absolute atomic E-state index is 0. The largest absolute Gasteiger partial charge is 0.399 e. The summed E-state index contributed by atoms with van der Waals surface area (Å²) >= 11 is 0. The Morgan fingerprint density at radius 2 is 1.70 bits per heavy atom. The number of halogens is 1. The highest BCUT2D eigenvalue weighted by Gasteiger charge is 2.15. The number of amides is 1. The topological polar surface area (TPSA) is 46.3 Å². The smallest absolute Gasteiger partial charge is 0.227 e. The van der Waals surface area contributed by atoms with E-state index in [4.69, 9.17) is 5.73 Å². The van der Waals surface area contributed by atoms with Gasteiger partial charge >= 0.3 is 0 Å². The van der Waals surface area contributed by atoms with Gasteiger partial charge in [0.1, 0.15) is 0 Å². The van der Waals surface area contributed by atoms with E-state index in [0.29, 0.717) is 12.8 Å². The monoisotopic (exact) mass is 332 g/mol. The number of nitrogen functional groups attached to an aromatic ring is 1. The zero-order valence-corrected chi connectivity index (χ0v) is 14.4. The van der Waals surface area contributed by atoms with Crippen molar-refractivity contribution >= 4 is 29.7 Å². The molecule has 23 heavy (non-hydrogen) atoms. The number of carbonyl (C=O) groups is 1. The van der Waals surface area contributed by atoms with Crippen LogP contribution in [0.4, 0.5) is 11.4 Å². The molecule has 0 saturated heterocycles. The van der Waals surface area contributed by atoms with Gasteiger partial charge in [-0.3, -0.25) is 4.79 Å². The van der Waals surface area contributed by atoms with Crippen LogP contribution in [0.2, 0.25) is 0 Å². The average Bonchev–Trinajstić information content (AvgIpc) is 2.55. The maximum atomic E-state index is 12.6. The zero-order valence-electron chi connectivity index (χ0n) is 13.6. The Bertz CT molecular complexity index is 601. The molecule has 2 rings (SSSR count). The highest BCUT2D eigenvalue weighted by atomic mass is 35.5. The fraction of sp³-hybridized carbons (Fsp3) is 0.316. The first kappa shape index (κ1) is 19.0. The summed E-state index contributed by atoms with van der Waals surface area (Å²) in [5, 5.41) is 0. The van der Waals surface area contributed by atoms with Crippen LogP contribution < -0.4 is 10.6 Å². The first-order valence-electron chi connectivity index (χ1n) is 7.91. The number of hydrogen-bond donors (Lipinski definition) is 1. The standard InChI is InChI=1S/C19H24N2O.ClH/c1-2-3-15-21(17-10-5-4-6-11-17)19(22)14-13-16-9-7-8-12-18(16)20;/h4-12H,2-3,13-15,20H2,1H3;1H. The Balaban J connectivity index is 0.00000264. The zero-order chi connectivity index (χ0) is 15.8. The summed E-state index contributed by atoms with van der Waals surface area (Å²) in [7, 11) is 0. The van der Waals surface area contributed by atoms with Gasteiger partial charge in [-0.05, 0) is 36.6 Å². The molecule has 124 valence electrons. The Labute approximate surface area is 144 Å². The van der Waals surface area contributed by atoms with Crippen LogP contribution >= 0.6 is 12.4 Å². The molecule has 0 bridgehead atoms. The van der Waals surface area contributed by atoms with Gasteiger partial charge in [0.05, 0.1) is 0 Å². The molecule has 0 saturated carbocycles. The molecule has 4 heteroatoms. The molecule has 3 nitrogen and oxygen atoms in total. The molecule has 1 amide bonds. The van der Waals surface area contributed by atoms with Crippen LogP contribution in [0.15, 0.2) is 54.6 Å². The molecule has 0 spiro atoms. The summed E-state index contributed by atoms with van der Waals surface area (Å²) in [6.45, 7) is 2.90. The van der Waals surface area contributed by atoms with Crippen molar-refractivity contribution in [2.75, 3.05) is 17.2 Å². The number of anilines is 2. The number of nitrogens with zero attached hydrogens (tertiary/aromatic N) is 1. The van der Waals surface area contributed by atoms with Crippen molar-refractivity contribution in [2.24, 2.45) is 0 Å². The second-order valence-corrected chi connectivity index (χ2v) is 5.43. The van der Waals surface area contributed by atoms with E-state index in [9.17, 15) is 4.79 Å². The molecule has 0 aliphatic rings. The molecule has 0 radical (unpaired) electrons. The molecule has 0 fully saturated rings. The van der Waals surface area contributed by atoms with Crippen molar-refractivity contribution < 1.29 is 4.79 Å². The molecular weight excluding hydrogens is 308 g/mol. The molecule has 0 aliphatic carbocycles. The summed E-state index contributed by atoms with van der Waals surface area (Å²) in [5.41, 5.74) is 8.72. The third kappa shape index (κ3) is 5.61. The van der Waals surface area contributed by atoms with Gasteiger partial charge in [0.15, 0.2) is 0 Å². The average molecular weight is 333 g/mol. The second-order valence-electron chi connectivity index (χ2n) is 5.43. The van der Waals surface area contributed by atoms with Crippen molar-refractivity contribution in [1.82, 2.24) is 0 Å². The number of para-hydroxylation sites is 2. The van der Waals surface area contributed by atoms with Crippen LogP contribution in [0.25, 0.3) is 0 Å². The lowest BCUT2D eigenvalue weighted by atomic mass is 10.1. The van der Waals surface area contributed by atoms with Crippen LogP contribution in [-0.2, 0) is 11.2 Å². The predicted molar refractivity (Wildman–Crippen MR) is 100 cm³/mol. The molecule has 2 aromatic carbocycles. The van der Waals surface area contributed by atoms with Gasteiger partial charge in [0, 0.05) is 24.3 Å². The van der Waals surface area contributed by atoms with Crippen LogP contribution in [-0.4, -0.2) is 12.5 Å². The Morgan fingerprint density at radius 3 is 2.35 bits per heavy atom. The van der Waals surface area contributed by atoms with Gasteiger partial charge in [-0.15, -0.1) is 12.4 Å². The first-order valence-corrected chi connectivity index (χ1v) is 7.91. The lowest BCUT2D eigenvalue weighted by molar-refractivity contribution is -0.118. The lowest BCUT2D eigenvalue weighted by Gasteiger charge is -2.23. The van der Waals surface area contributed by atoms with Crippen LogP contribution in [0, 0.1) is 0 Å². The van der Waals surface area contributed by atoms with Gasteiger partial charge < -0.3 is 10.6 Å². The van der Waals surface area contributed by atoms with E-state index >= 15 is 0 Å². The van der Waals surface area contributed by atoms with E-state index in [-0.39, 0.29) is 18.3 Å². The summed E-state index contributed by atoms with van der Waals surface area (Å²) < 4.78 is 0. The number of carbonyl (C=O) groups excluding carboxylic acids is 1. The number of benzene rings is 2. The molecular formula is C19H25ClN2O. The van der Waals surface area contributed by atoms with Gasteiger partial charge in [-0.25, -0.2) is 0 Å².